The number of aromatic nitrogens is 3. The third-order valence-corrected chi connectivity index (χ3v) is 3.73. The maximum absolute atomic E-state index is 4.25. The van der Waals surface area contributed by atoms with Crippen LogP contribution in [0.25, 0.3) is 5.65 Å². The zero-order chi connectivity index (χ0) is 16.1. The second-order valence-corrected chi connectivity index (χ2v) is 5.25. The summed E-state index contributed by atoms with van der Waals surface area (Å²) in [6.07, 6.45) is 1.95. The molecule has 2 N–H and O–H groups in total. The van der Waals surface area contributed by atoms with E-state index in [1.165, 1.54) is 11.1 Å². The summed E-state index contributed by atoms with van der Waals surface area (Å²) in [5.74, 6) is 1.58. The first-order chi connectivity index (χ1) is 11.3. The highest BCUT2D eigenvalue weighted by atomic mass is 15.3. The summed E-state index contributed by atoms with van der Waals surface area (Å²) >= 11 is 0. The monoisotopic (exact) mass is 308 g/mol. The fourth-order valence-corrected chi connectivity index (χ4v) is 2.38. The van der Waals surface area contributed by atoms with Gasteiger partial charge in [0.1, 0.15) is 0 Å². The van der Waals surface area contributed by atoms with Gasteiger partial charge in [0.15, 0.2) is 17.4 Å². The van der Waals surface area contributed by atoms with Crippen LogP contribution in [0.4, 0.5) is 0 Å². The summed E-state index contributed by atoms with van der Waals surface area (Å²) in [6, 6.07) is 14.2. The number of hydrogen-bond donors (Lipinski definition) is 2. The topological polar surface area (TPSA) is 66.6 Å². The Morgan fingerprint density at radius 2 is 1.83 bits per heavy atom. The molecule has 1 aromatic carbocycles. The van der Waals surface area contributed by atoms with Crippen LogP contribution in [0.5, 0.6) is 0 Å². The number of guanidine groups is 1. The van der Waals surface area contributed by atoms with Crippen molar-refractivity contribution in [2.45, 2.75) is 20.0 Å². The lowest BCUT2D eigenvalue weighted by Gasteiger charge is -2.12. The van der Waals surface area contributed by atoms with Crippen LogP contribution in [-0.4, -0.2) is 27.6 Å². The molecule has 0 amide bonds. The van der Waals surface area contributed by atoms with Gasteiger partial charge < -0.3 is 10.6 Å². The quantitative estimate of drug-likeness (QED) is 0.571. The molecule has 0 atom stereocenters. The van der Waals surface area contributed by atoms with E-state index in [1.54, 1.807) is 7.05 Å². The molecule has 118 valence electrons. The van der Waals surface area contributed by atoms with Crippen molar-refractivity contribution in [2.75, 3.05) is 7.05 Å². The number of nitrogens with one attached hydrogen (secondary N) is 2. The van der Waals surface area contributed by atoms with E-state index >= 15 is 0 Å². The first-order valence-electron chi connectivity index (χ1n) is 7.55. The predicted octanol–water partition coefficient (Wildman–Crippen LogP) is 1.90. The fourth-order valence-electron chi connectivity index (χ4n) is 2.38. The lowest BCUT2D eigenvalue weighted by atomic mass is 10.1. The van der Waals surface area contributed by atoms with Crippen LogP contribution in [0.2, 0.25) is 0 Å². The highest BCUT2D eigenvalue weighted by molar-refractivity contribution is 5.79. The van der Waals surface area contributed by atoms with Crippen LogP contribution < -0.4 is 10.6 Å². The number of pyridine rings is 1. The number of aliphatic imine (C=N–C) groups is 1. The van der Waals surface area contributed by atoms with Crippen LogP contribution in [0, 0.1) is 6.92 Å². The third kappa shape index (κ3) is 3.48. The Labute approximate surface area is 135 Å². The lowest BCUT2D eigenvalue weighted by Crippen LogP contribution is -2.36. The predicted molar refractivity (Wildman–Crippen MR) is 91.2 cm³/mol. The molecule has 2 heterocycles. The fraction of sp³-hybridized carbons (Fsp3) is 0.235. The highest BCUT2D eigenvalue weighted by Gasteiger charge is 2.06. The normalized spacial score (nSPS) is 11.7. The number of rotatable bonds is 4. The second-order valence-electron chi connectivity index (χ2n) is 5.25. The molecule has 0 aliphatic carbocycles. The maximum atomic E-state index is 4.25. The van der Waals surface area contributed by atoms with E-state index in [0.29, 0.717) is 6.54 Å². The first kappa shape index (κ1) is 15.0. The summed E-state index contributed by atoms with van der Waals surface area (Å²) in [6.45, 7) is 3.39. The van der Waals surface area contributed by atoms with E-state index in [2.05, 4.69) is 44.9 Å². The van der Waals surface area contributed by atoms with Crippen molar-refractivity contribution in [3.8, 4) is 0 Å². The molecule has 0 aliphatic rings. The Bertz CT molecular complexity index is 821. The molecule has 0 bridgehead atoms. The molecule has 6 nitrogen and oxygen atoms in total. The molecule has 0 saturated carbocycles. The van der Waals surface area contributed by atoms with E-state index in [-0.39, 0.29) is 0 Å². The van der Waals surface area contributed by atoms with Crippen molar-refractivity contribution >= 4 is 11.6 Å². The Balaban J connectivity index is 1.61. The Morgan fingerprint density at radius 1 is 1.04 bits per heavy atom. The zero-order valence-electron chi connectivity index (χ0n) is 13.3. The van der Waals surface area contributed by atoms with Gasteiger partial charge in [0.05, 0.1) is 6.54 Å². The van der Waals surface area contributed by atoms with E-state index in [0.717, 1.165) is 24.0 Å². The SMILES string of the molecule is CN=C(NCc1ccccc1C)NCc1nnc2ccccn12. The molecule has 0 saturated heterocycles. The van der Waals surface area contributed by atoms with Gasteiger partial charge in [-0.1, -0.05) is 30.3 Å². The van der Waals surface area contributed by atoms with Crippen molar-refractivity contribution in [2.24, 2.45) is 4.99 Å². The van der Waals surface area contributed by atoms with Gasteiger partial charge in [0.25, 0.3) is 0 Å². The van der Waals surface area contributed by atoms with Crippen molar-refractivity contribution < 1.29 is 0 Å². The minimum absolute atomic E-state index is 0.554. The van der Waals surface area contributed by atoms with E-state index in [1.807, 2.05) is 40.9 Å². The summed E-state index contributed by atoms with van der Waals surface area (Å²) in [5, 5.41) is 14.9. The van der Waals surface area contributed by atoms with Crippen LogP contribution in [0.3, 0.4) is 0 Å². The van der Waals surface area contributed by atoms with Gasteiger partial charge in [-0.25, -0.2) is 0 Å². The second kappa shape index (κ2) is 6.91. The van der Waals surface area contributed by atoms with Gasteiger partial charge in [-0.2, -0.15) is 0 Å². The van der Waals surface area contributed by atoms with Crippen LogP contribution in [-0.2, 0) is 13.1 Å². The van der Waals surface area contributed by atoms with E-state index in [4.69, 9.17) is 0 Å². The van der Waals surface area contributed by atoms with Crippen LogP contribution in [0.1, 0.15) is 17.0 Å². The number of fused-ring (bicyclic) bond motifs is 1. The molecule has 0 aliphatic heterocycles. The molecule has 2 aromatic heterocycles. The van der Waals surface area contributed by atoms with Crippen LogP contribution >= 0.6 is 0 Å². The Kier molecular flexibility index (Phi) is 4.52. The summed E-state index contributed by atoms with van der Waals surface area (Å²) in [4.78, 5) is 4.25. The molecule has 0 unspecified atom stereocenters. The molecular formula is C17H20N6. The molecule has 0 radical (unpaired) electrons. The van der Waals surface area contributed by atoms with Crippen molar-refractivity contribution in [3.05, 3.63) is 65.6 Å². The average Bonchev–Trinajstić information content (AvgIpc) is 3.00. The third-order valence-electron chi connectivity index (χ3n) is 3.73. The summed E-state index contributed by atoms with van der Waals surface area (Å²) in [5.41, 5.74) is 3.36. The molecule has 3 rings (SSSR count). The first-order valence-corrected chi connectivity index (χ1v) is 7.55. The summed E-state index contributed by atoms with van der Waals surface area (Å²) < 4.78 is 1.96. The molecule has 23 heavy (non-hydrogen) atoms. The van der Waals surface area contributed by atoms with Crippen molar-refractivity contribution in [1.29, 1.82) is 0 Å². The van der Waals surface area contributed by atoms with Crippen molar-refractivity contribution in [3.63, 3.8) is 0 Å². The molecule has 0 spiro atoms. The minimum Gasteiger partial charge on any atom is -0.352 e. The Morgan fingerprint density at radius 3 is 2.65 bits per heavy atom. The summed E-state index contributed by atoms with van der Waals surface area (Å²) in [7, 11) is 1.76. The number of hydrogen-bond acceptors (Lipinski definition) is 3. The zero-order valence-corrected chi connectivity index (χ0v) is 13.3. The van der Waals surface area contributed by atoms with Crippen LogP contribution in [0.15, 0.2) is 53.7 Å². The molecule has 3 aromatic rings. The van der Waals surface area contributed by atoms with Gasteiger partial charge >= 0.3 is 0 Å². The van der Waals surface area contributed by atoms with Gasteiger partial charge in [0.2, 0.25) is 0 Å². The number of nitrogens with zero attached hydrogens (tertiary/aromatic N) is 4. The molecule has 0 fully saturated rings. The van der Waals surface area contributed by atoms with E-state index < -0.39 is 0 Å². The number of benzene rings is 1. The smallest absolute Gasteiger partial charge is 0.191 e. The standard InChI is InChI=1S/C17H20N6/c1-13-7-3-4-8-14(13)11-19-17(18-2)20-12-16-22-21-15-9-5-6-10-23(15)16/h3-10H,11-12H2,1-2H3,(H2,18,19,20). The average molecular weight is 308 g/mol. The molecule has 6 heteroatoms. The van der Waals surface area contributed by atoms with Gasteiger partial charge in [-0.15, -0.1) is 10.2 Å². The van der Waals surface area contributed by atoms with Gasteiger partial charge in [0, 0.05) is 19.8 Å². The van der Waals surface area contributed by atoms with Crippen molar-refractivity contribution in [1.82, 2.24) is 25.2 Å². The maximum Gasteiger partial charge on any atom is 0.191 e. The Hall–Kier alpha value is -2.89. The number of aryl methyl sites for hydroxylation is 1. The highest BCUT2D eigenvalue weighted by Crippen LogP contribution is 2.06. The van der Waals surface area contributed by atoms with Gasteiger partial charge in [-0.3, -0.25) is 9.39 Å². The largest absolute Gasteiger partial charge is 0.352 e. The van der Waals surface area contributed by atoms with E-state index in [9.17, 15) is 0 Å². The van der Waals surface area contributed by atoms with Gasteiger partial charge in [-0.05, 0) is 30.2 Å². The lowest BCUT2D eigenvalue weighted by molar-refractivity contribution is 0.761. The minimum atomic E-state index is 0.554. The molecular weight excluding hydrogens is 288 g/mol.